The lowest BCUT2D eigenvalue weighted by atomic mass is 9.76. The number of hydrogen-bond donors (Lipinski definition) is 0. The lowest BCUT2D eigenvalue weighted by Crippen LogP contribution is -2.25. The second-order valence-electron chi connectivity index (χ2n) is 8.74. The van der Waals surface area contributed by atoms with Crippen LogP contribution < -0.4 is 4.74 Å². The zero-order chi connectivity index (χ0) is 23.5. The number of benzene rings is 4. The quantitative estimate of drug-likeness (QED) is 0.297. The molecule has 0 spiro atoms. The molecule has 0 aliphatic heterocycles. The summed E-state index contributed by atoms with van der Waals surface area (Å²) in [6.45, 7) is 0. The van der Waals surface area contributed by atoms with Crippen LogP contribution in [0.15, 0.2) is 109 Å². The second kappa shape index (κ2) is 9.48. The van der Waals surface area contributed by atoms with Gasteiger partial charge in [0.05, 0.1) is 7.11 Å². The predicted molar refractivity (Wildman–Crippen MR) is 134 cm³/mol. The highest BCUT2D eigenvalue weighted by molar-refractivity contribution is 6.02. The van der Waals surface area contributed by atoms with Gasteiger partial charge < -0.3 is 4.74 Å². The van der Waals surface area contributed by atoms with E-state index in [1.165, 1.54) is 0 Å². The monoisotopic (exact) mass is 446 g/mol. The largest absolute Gasteiger partial charge is 0.497 e. The van der Waals surface area contributed by atoms with E-state index in [1.54, 1.807) is 7.11 Å². The Morgan fingerprint density at radius 1 is 0.676 bits per heavy atom. The third-order valence-electron chi connectivity index (χ3n) is 6.86. The minimum Gasteiger partial charge on any atom is -0.497 e. The smallest absolute Gasteiger partial charge is 0.167 e. The van der Waals surface area contributed by atoms with Crippen molar-refractivity contribution in [3.8, 4) is 5.75 Å². The fourth-order valence-corrected chi connectivity index (χ4v) is 5.26. The summed E-state index contributed by atoms with van der Waals surface area (Å²) in [4.78, 5) is 27.3. The zero-order valence-corrected chi connectivity index (χ0v) is 19.1. The van der Waals surface area contributed by atoms with Crippen molar-refractivity contribution in [2.45, 2.75) is 18.3 Å². The molecule has 5 rings (SSSR count). The third kappa shape index (κ3) is 4.06. The Balaban J connectivity index is 1.62. The van der Waals surface area contributed by atoms with E-state index < -0.39 is 0 Å². The number of ketones is 2. The van der Waals surface area contributed by atoms with E-state index in [2.05, 4.69) is 12.1 Å². The van der Waals surface area contributed by atoms with Crippen LogP contribution in [-0.4, -0.2) is 18.7 Å². The molecule has 3 atom stereocenters. The van der Waals surface area contributed by atoms with Crippen LogP contribution in [-0.2, 0) is 0 Å². The zero-order valence-electron chi connectivity index (χ0n) is 19.1. The average Bonchev–Trinajstić information content (AvgIpc) is 3.23. The number of rotatable bonds is 7. The van der Waals surface area contributed by atoms with Gasteiger partial charge in [-0.25, -0.2) is 0 Å². The Morgan fingerprint density at radius 3 is 1.85 bits per heavy atom. The van der Waals surface area contributed by atoms with Gasteiger partial charge in [0.25, 0.3) is 0 Å². The van der Waals surface area contributed by atoms with E-state index >= 15 is 0 Å². The molecule has 4 aromatic carbocycles. The summed E-state index contributed by atoms with van der Waals surface area (Å²) in [5, 5.41) is 0. The Morgan fingerprint density at radius 2 is 1.24 bits per heavy atom. The van der Waals surface area contributed by atoms with Gasteiger partial charge in [0.2, 0.25) is 0 Å². The van der Waals surface area contributed by atoms with Crippen molar-refractivity contribution in [2.75, 3.05) is 7.11 Å². The van der Waals surface area contributed by atoms with Crippen LogP contribution in [0.5, 0.6) is 5.75 Å². The van der Waals surface area contributed by atoms with Gasteiger partial charge in [-0.05, 0) is 28.8 Å². The fourth-order valence-electron chi connectivity index (χ4n) is 5.26. The van der Waals surface area contributed by atoms with Crippen LogP contribution in [0.3, 0.4) is 0 Å². The molecule has 1 aliphatic rings. The summed E-state index contributed by atoms with van der Waals surface area (Å²) in [6, 6.07) is 34.9. The molecule has 0 radical (unpaired) electrons. The number of hydrogen-bond acceptors (Lipinski definition) is 3. The molecular formula is C31H26O3. The first-order chi connectivity index (χ1) is 16.7. The average molecular weight is 447 g/mol. The first-order valence-corrected chi connectivity index (χ1v) is 11.6. The highest BCUT2D eigenvalue weighted by Gasteiger charge is 2.46. The minimum absolute atomic E-state index is 0.0571. The first-order valence-electron chi connectivity index (χ1n) is 11.6. The molecule has 0 bridgehead atoms. The molecule has 0 saturated heterocycles. The molecule has 0 N–H and O–H groups in total. The molecule has 0 heterocycles. The van der Waals surface area contributed by atoms with E-state index in [0.717, 1.165) is 22.4 Å². The molecule has 0 aromatic heterocycles. The minimum atomic E-state index is -0.374. The maximum atomic E-state index is 14.0. The molecule has 168 valence electrons. The number of methoxy groups -OCH3 is 1. The summed E-state index contributed by atoms with van der Waals surface area (Å²) >= 11 is 0. The van der Waals surface area contributed by atoms with Gasteiger partial charge in [-0.3, -0.25) is 9.59 Å². The fraction of sp³-hybridized carbons (Fsp3) is 0.161. The molecule has 34 heavy (non-hydrogen) atoms. The lowest BCUT2D eigenvalue weighted by molar-refractivity contribution is 0.0875. The van der Waals surface area contributed by atoms with Gasteiger partial charge >= 0.3 is 0 Å². The molecule has 1 aliphatic carbocycles. The molecule has 0 saturated carbocycles. The maximum Gasteiger partial charge on any atom is 0.167 e. The van der Waals surface area contributed by atoms with Gasteiger partial charge in [-0.15, -0.1) is 0 Å². The van der Waals surface area contributed by atoms with Crippen LogP contribution in [0.4, 0.5) is 0 Å². The van der Waals surface area contributed by atoms with Crippen molar-refractivity contribution in [3.05, 3.63) is 137 Å². The van der Waals surface area contributed by atoms with Crippen molar-refractivity contribution >= 4 is 11.6 Å². The Labute approximate surface area is 200 Å². The van der Waals surface area contributed by atoms with Crippen molar-refractivity contribution in [1.82, 2.24) is 0 Å². The summed E-state index contributed by atoms with van der Waals surface area (Å²) in [7, 11) is 1.65. The van der Waals surface area contributed by atoms with Crippen molar-refractivity contribution in [1.29, 1.82) is 0 Å². The lowest BCUT2D eigenvalue weighted by Gasteiger charge is -2.25. The van der Waals surface area contributed by atoms with Gasteiger partial charge in [-0.1, -0.05) is 97.1 Å². The third-order valence-corrected chi connectivity index (χ3v) is 6.86. The molecular weight excluding hydrogens is 420 g/mol. The highest BCUT2D eigenvalue weighted by atomic mass is 16.5. The number of carbonyl (C=O) groups is 2. The van der Waals surface area contributed by atoms with Crippen LogP contribution >= 0.6 is 0 Å². The number of Topliss-reactive ketones (excluding diaryl/α,β-unsaturated/α-hetero) is 2. The topological polar surface area (TPSA) is 43.4 Å². The highest BCUT2D eigenvalue weighted by Crippen LogP contribution is 2.52. The van der Waals surface area contributed by atoms with Crippen molar-refractivity contribution in [2.24, 2.45) is 5.92 Å². The molecule has 0 unspecified atom stereocenters. The Hall–Kier alpha value is -3.98. The molecule has 3 heteroatoms. The first kappa shape index (κ1) is 21.8. The Kier molecular flexibility index (Phi) is 6.09. The van der Waals surface area contributed by atoms with Crippen molar-refractivity contribution < 1.29 is 14.3 Å². The number of ether oxygens (including phenoxy) is 1. The van der Waals surface area contributed by atoms with Crippen LogP contribution in [0.1, 0.15) is 55.7 Å². The SMILES string of the molecule is COc1ccc([C@H]2c3ccccc3[C@@H](CC(=O)c3ccccc3)[C@@H]2C(=O)c2ccccc2)cc1. The molecule has 0 fully saturated rings. The van der Waals surface area contributed by atoms with Gasteiger partial charge in [-0.2, -0.15) is 0 Å². The van der Waals surface area contributed by atoms with E-state index in [4.69, 9.17) is 4.74 Å². The molecule has 4 aromatic rings. The summed E-state index contributed by atoms with van der Waals surface area (Å²) in [6.07, 6.45) is 0.289. The number of carbonyl (C=O) groups excluding carboxylic acids is 2. The van der Waals surface area contributed by atoms with E-state index in [1.807, 2.05) is 97.1 Å². The molecule has 3 nitrogen and oxygen atoms in total. The van der Waals surface area contributed by atoms with E-state index in [9.17, 15) is 9.59 Å². The van der Waals surface area contributed by atoms with Crippen molar-refractivity contribution in [3.63, 3.8) is 0 Å². The van der Waals surface area contributed by atoms with Gasteiger partial charge in [0.15, 0.2) is 11.6 Å². The van der Waals surface area contributed by atoms with Crippen LogP contribution in [0.25, 0.3) is 0 Å². The summed E-state index contributed by atoms with van der Waals surface area (Å²) in [5.41, 5.74) is 4.61. The van der Waals surface area contributed by atoms with E-state index in [0.29, 0.717) is 11.1 Å². The summed E-state index contributed by atoms with van der Waals surface area (Å²) in [5.74, 6) is 0.190. The van der Waals surface area contributed by atoms with Crippen LogP contribution in [0, 0.1) is 5.92 Å². The predicted octanol–water partition coefficient (Wildman–Crippen LogP) is 6.70. The summed E-state index contributed by atoms with van der Waals surface area (Å²) < 4.78 is 5.36. The number of fused-ring (bicyclic) bond motifs is 1. The maximum absolute atomic E-state index is 14.0. The molecule has 0 amide bonds. The van der Waals surface area contributed by atoms with Crippen LogP contribution in [0.2, 0.25) is 0 Å². The second-order valence-corrected chi connectivity index (χ2v) is 8.74. The standard InChI is InChI=1S/C31H26O3/c1-34-24-18-16-22(17-19-24)29-26-15-9-8-14-25(26)27(20-28(32)21-10-4-2-5-11-21)30(29)31(33)23-12-6-3-7-13-23/h2-19,27,29-30H,20H2,1H3/t27-,29+,30+/m1/s1. The van der Waals surface area contributed by atoms with E-state index in [-0.39, 0.29) is 35.7 Å². The Bertz CT molecular complexity index is 1290. The van der Waals surface area contributed by atoms with Gasteiger partial charge in [0.1, 0.15) is 5.75 Å². The van der Waals surface area contributed by atoms with Gasteiger partial charge in [0, 0.05) is 35.3 Å². The normalized spacial score (nSPS) is 18.8.